The second kappa shape index (κ2) is 11.0. The van der Waals surface area contributed by atoms with E-state index < -0.39 is 12.6 Å². The van der Waals surface area contributed by atoms with Crippen LogP contribution in [0, 0.1) is 0 Å². The number of ether oxygens (including phenoxy) is 1. The molecule has 0 saturated carbocycles. The van der Waals surface area contributed by atoms with Gasteiger partial charge in [-0.3, -0.25) is 0 Å². The van der Waals surface area contributed by atoms with Crippen LogP contribution in [0.15, 0.2) is 90.0 Å². The molecule has 4 aromatic rings. The lowest BCUT2D eigenvalue weighted by Gasteiger charge is -2.10. The summed E-state index contributed by atoms with van der Waals surface area (Å²) in [5.41, 5.74) is 5.16. The summed E-state index contributed by atoms with van der Waals surface area (Å²) in [4.78, 5) is 23.9. The molecular formula is C24H21N7O3. The largest absolute Gasteiger partial charge is 0.482 e. The number of hydrogen-bond acceptors (Lipinski definition) is 9. The summed E-state index contributed by atoms with van der Waals surface area (Å²) in [6, 6.07) is 26.0. The number of aliphatic carboxylic acids is 1. The molecule has 34 heavy (non-hydrogen) atoms. The average Bonchev–Trinajstić information content (AvgIpc) is 2.84. The highest BCUT2D eigenvalue weighted by molar-refractivity contribution is 5.80. The predicted molar refractivity (Wildman–Crippen MR) is 130 cm³/mol. The summed E-state index contributed by atoms with van der Waals surface area (Å²) in [6.07, 6.45) is 1.55. The van der Waals surface area contributed by atoms with Crippen LogP contribution >= 0.6 is 0 Å². The van der Waals surface area contributed by atoms with Gasteiger partial charge in [0.2, 0.25) is 17.8 Å². The van der Waals surface area contributed by atoms with Gasteiger partial charge in [-0.15, -0.1) is 0 Å². The summed E-state index contributed by atoms with van der Waals surface area (Å²) in [5, 5.41) is 19.2. The molecule has 0 amide bonds. The van der Waals surface area contributed by atoms with Crippen molar-refractivity contribution < 1.29 is 14.6 Å². The molecule has 1 aromatic heterocycles. The van der Waals surface area contributed by atoms with Crippen LogP contribution in [0.4, 0.5) is 29.2 Å². The first-order valence-electron chi connectivity index (χ1n) is 10.3. The van der Waals surface area contributed by atoms with Gasteiger partial charge in [-0.05, 0) is 42.0 Å². The van der Waals surface area contributed by atoms with E-state index in [2.05, 4.69) is 36.1 Å². The normalized spacial score (nSPS) is 10.6. The van der Waals surface area contributed by atoms with Gasteiger partial charge in [0.25, 0.3) is 0 Å². The molecular weight excluding hydrogens is 434 g/mol. The maximum absolute atomic E-state index is 10.7. The molecule has 0 radical (unpaired) electrons. The molecule has 0 saturated heterocycles. The van der Waals surface area contributed by atoms with Gasteiger partial charge in [0.15, 0.2) is 6.61 Å². The van der Waals surface area contributed by atoms with Crippen molar-refractivity contribution in [3.63, 3.8) is 0 Å². The number of hydrazone groups is 1. The Bertz CT molecular complexity index is 1210. The molecule has 0 spiro atoms. The van der Waals surface area contributed by atoms with Crippen molar-refractivity contribution in [2.75, 3.05) is 22.7 Å². The van der Waals surface area contributed by atoms with Crippen molar-refractivity contribution in [1.82, 2.24) is 15.0 Å². The Hall–Kier alpha value is -4.99. The lowest BCUT2D eigenvalue weighted by molar-refractivity contribution is -0.139. The molecule has 10 nitrogen and oxygen atoms in total. The van der Waals surface area contributed by atoms with Crippen LogP contribution in [0.3, 0.4) is 0 Å². The van der Waals surface area contributed by atoms with Gasteiger partial charge in [-0.1, -0.05) is 48.5 Å². The van der Waals surface area contributed by atoms with Gasteiger partial charge in [0, 0.05) is 11.4 Å². The highest BCUT2D eigenvalue weighted by Gasteiger charge is 2.07. The monoisotopic (exact) mass is 455 g/mol. The number of rotatable bonds is 10. The average molecular weight is 455 g/mol. The third kappa shape index (κ3) is 6.76. The Morgan fingerprint density at radius 2 is 1.41 bits per heavy atom. The van der Waals surface area contributed by atoms with Crippen molar-refractivity contribution >= 4 is 41.4 Å². The zero-order chi connectivity index (χ0) is 23.6. The van der Waals surface area contributed by atoms with E-state index in [0.717, 1.165) is 11.4 Å². The minimum atomic E-state index is -1.05. The molecule has 0 bridgehead atoms. The standard InChI is InChI=1S/C24H21N7O3/c32-21(33)16-34-20-13-7-8-17(14-20)15-25-31-24-29-22(26-18-9-3-1-4-10-18)28-23(30-24)27-19-11-5-2-6-12-19/h1-15H,16H2,(H,32,33)(H3,26,27,28,29,30,31)/b25-15-. The molecule has 10 heteroatoms. The van der Waals surface area contributed by atoms with E-state index in [9.17, 15) is 4.79 Å². The zero-order valence-electron chi connectivity index (χ0n) is 17.9. The lowest BCUT2D eigenvalue weighted by Crippen LogP contribution is -2.09. The Balaban J connectivity index is 1.51. The lowest BCUT2D eigenvalue weighted by atomic mass is 10.2. The van der Waals surface area contributed by atoms with Crippen LogP contribution < -0.4 is 20.8 Å². The van der Waals surface area contributed by atoms with E-state index in [1.807, 2.05) is 60.7 Å². The number of para-hydroxylation sites is 2. The van der Waals surface area contributed by atoms with Crippen LogP contribution in [0.2, 0.25) is 0 Å². The van der Waals surface area contributed by atoms with Gasteiger partial charge in [0.1, 0.15) is 5.75 Å². The second-order valence-corrected chi connectivity index (χ2v) is 6.91. The quantitative estimate of drug-likeness (QED) is 0.204. The minimum absolute atomic E-state index is 0.224. The first kappa shape index (κ1) is 22.2. The van der Waals surface area contributed by atoms with Crippen molar-refractivity contribution in [3.05, 3.63) is 90.5 Å². The maximum atomic E-state index is 10.7. The number of anilines is 5. The molecule has 0 aliphatic rings. The summed E-state index contributed by atoms with van der Waals surface area (Å²) in [7, 11) is 0. The molecule has 3 aromatic carbocycles. The molecule has 0 aliphatic carbocycles. The number of aromatic nitrogens is 3. The third-order valence-corrected chi connectivity index (χ3v) is 4.29. The summed E-state index contributed by atoms with van der Waals surface area (Å²) in [6.45, 7) is -0.419. The molecule has 0 aliphatic heterocycles. The van der Waals surface area contributed by atoms with Crippen molar-refractivity contribution in [2.45, 2.75) is 0 Å². The number of benzene rings is 3. The van der Waals surface area contributed by atoms with Crippen molar-refractivity contribution in [2.24, 2.45) is 5.10 Å². The Morgan fingerprint density at radius 1 is 0.824 bits per heavy atom. The number of carboxylic acids is 1. The molecule has 4 N–H and O–H groups in total. The van der Waals surface area contributed by atoms with Crippen LogP contribution in [0.25, 0.3) is 0 Å². The fraction of sp³-hybridized carbons (Fsp3) is 0.0417. The van der Waals surface area contributed by atoms with Crippen LogP contribution in [0.5, 0.6) is 5.75 Å². The summed E-state index contributed by atoms with van der Waals surface area (Å²) >= 11 is 0. The van der Waals surface area contributed by atoms with E-state index >= 15 is 0 Å². The second-order valence-electron chi connectivity index (χ2n) is 6.91. The first-order chi connectivity index (χ1) is 16.6. The number of carbonyl (C=O) groups is 1. The van der Waals surface area contributed by atoms with Gasteiger partial charge in [0.05, 0.1) is 6.21 Å². The summed E-state index contributed by atoms with van der Waals surface area (Å²) < 4.78 is 5.19. The van der Waals surface area contributed by atoms with E-state index in [0.29, 0.717) is 23.2 Å². The number of nitrogens with one attached hydrogen (secondary N) is 3. The van der Waals surface area contributed by atoms with E-state index in [1.54, 1.807) is 30.5 Å². The van der Waals surface area contributed by atoms with Crippen LogP contribution in [0.1, 0.15) is 5.56 Å². The molecule has 170 valence electrons. The Kier molecular flexibility index (Phi) is 7.22. The first-order valence-corrected chi connectivity index (χ1v) is 10.3. The fourth-order valence-electron chi connectivity index (χ4n) is 2.83. The van der Waals surface area contributed by atoms with Crippen molar-refractivity contribution in [3.8, 4) is 5.75 Å². The van der Waals surface area contributed by atoms with Crippen molar-refractivity contribution in [1.29, 1.82) is 0 Å². The maximum Gasteiger partial charge on any atom is 0.341 e. The molecule has 0 atom stereocenters. The number of carboxylic acid groups (broad SMARTS) is 1. The van der Waals surface area contributed by atoms with Gasteiger partial charge < -0.3 is 20.5 Å². The van der Waals surface area contributed by atoms with Crippen LogP contribution in [-0.2, 0) is 4.79 Å². The Labute approximate surface area is 195 Å². The molecule has 4 rings (SSSR count). The topological polar surface area (TPSA) is 134 Å². The smallest absolute Gasteiger partial charge is 0.341 e. The van der Waals surface area contributed by atoms with Gasteiger partial charge in [-0.2, -0.15) is 20.1 Å². The number of hydrogen-bond donors (Lipinski definition) is 4. The molecule has 0 fully saturated rings. The SMILES string of the molecule is O=C(O)COc1cccc(/C=N\Nc2nc(Nc3ccccc3)nc(Nc3ccccc3)n2)c1. The van der Waals surface area contributed by atoms with Crippen LogP contribution in [-0.4, -0.2) is 38.8 Å². The highest BCUT2D eigenvalue weighted by atomic mass is 16.5. The Morgan fingerprint density at radius 3 is 2.00 bits per heavy atom. The highest BCUT2D eigenvalue weighted by Crippen LogP contribution is 2.18. The molecule has 1 heterocycles. The predicted octanol–water partition coefficient (Wildman–Crippen LogP) is 4.27. The summed E-state index contributed by atoms with van der Waals surface area (Å²) in [5.74, 6) is 0.273. The zero-order valence-corrected chi connectivity index (χ0v) is 17.9. The molecule has 0 unspecified atom stereocenters. The number of nitrogens with zero attached hydrogens (tertiary/aromatic N) is 4. The van der Waals surface area contributed by atoms with E-state index in [1.165, 1.54) is 0 Å². The van der Waals surface area contributed by atoms with E-state index in [4.69, 9.17) is 9.84 Å². The fourth-order valence-corrected chi connectivity index (χ4v) is 2.83. The van der Waals surface area contributed by atoms with E-state index in [-0.39, 0.29) is 5.95 Å². The third-order valence-electron chi connectivity index (χ3n) is 4.29. The van der Waals surface area contributed by atoms with Gasteiger partial charge >= 0.3 is 5.97 Å². The minimum Gasteiger partial charge on any atom is -0.482 e. The van der Waals surface area contributed by atoms with Gasteiger partial charge in [-0.25, -0.2) is 10.2 Å².